The zero-order chi connectivity index (χ0) is 10.7. The fourth-order valence-electron chi connectivity index (χ4n) is 1.29. The van der Waals surface area contributed by atoms with E-state index in [1.165, 1.54) is 11.0 Å². The van der Waals surface area contributed by atoms with Gasteiger partial charge in [-0.1, -0.05) is 6.07 Å². The first-order valence-electron chi connectivity index (χ1n) is 4.54. The molecule has 0 aliphatic heterocycles. The first kappa shape index (κ1) is 9.51. The van der Waals surface area contributed by atoms with E-state index < -0.39 is 0 Å². The van der Waals surface area contributed by atoms with Gasteiger partial charge in [0.1, 0.15) is 6.33 Å². The summed E-state index contributed by atoms with van der Waals surface area (Å²) in [5, 5.41) is 3.84. The zero-order valence-electron chi connectivity index (χ0n) is 8.29. The number of Topliss-reactive ketones (excluding diaryl/α,β-unsaturated/α-hetero) is 1. The molecule has 2 aromatic heterocycles. The molecule has 15 heavy (non-hydrogen) atoms. The van der Waals surface area contributed by atoms with E-state index in [2.05, 4.69) is 15.1 Å². The Bertz CT molecular complexity index is 463. The summed E-state index contributed by atoms with van der Waals surface area (Å²) >= 11 is 0. The van der Waals surface area contributed by atoms with Crippen molar-refractivity contribution in [3.63, 3.8) is 0 Å². The van der Waals surface area contributed by atoms with Crippen LogP contribution in [0.15, 0.2) is 30.7 Å². The predicted molar refractivity (Wildman–Crippen MR) is 53.3 cm³/mol. The van der Waals surface area contributed by atoms with Crippen molar-refractivity contribution in [3.8, 4) is 0 Å². The number of hydrogen-bond donors (Lipinski definition) is 0. The molecule has 0 saturated heterocycles. The third-order valence-electron chi connectivity index (χ3n) is 2.03. The highest BCUT2D eigenvalue weighted by Gasteiger charge is 2.12. The van der Waals surface area contributed by atoms with Gasteiger partial charge < -0.3 is 0 Å². The number of ketones is 1. The van der Waals surface area contributed by atoms with Crippen LogP contribution in [0.1, 0.15) is 16.3 Å². The number of hydrogen-bond acceptors (Lipinski definition) is 4. The number of rotatable bonds is 3. The van der Waals surface area contributed by atoms with Crippen LogP contribution in [-0.2, 0) is 13.5 Å². The summed E-state index contributed by atoms with van der Waals surface area (Å²) in [6.45, 7) is 0. The molecule has 0 spiro atoms. The van der Waals surface area contributed by atoms with E-state index in [0.717, 1.165) is 5.69 Å². The number of pyridine rings is 1. The van der Waals surface area contributed by atoms with Gasteiger partial charge in [-0.3, -0.25) is 9.78 Å². The quantitative estimate of drug-likeness (QED) is 0.685. The Kier molecular flexibility index (Phi) is 2.53. The largest absolute Gasteiger partial charge is 0.290 e. The lowest BCUT2D eigenvalue weighted by Crippen LogP contribution is -2.11. The molecule has 0 saturated carbocycles. The summed E-state index contributed by atoms with van der Waals surface area (Å²) in [6.07, 6.45) is 3.29. The third-order valence-corrected chi connectivity index (χ3v) is 2.03. The first-order valence-corrected chi connectivity index (χ1v) is 4.54. The second kappa shape index (κ2) is 4.00. The second-order valence-electron chi connectivity index (χ2n) is 3.13. The van der Waals surface area contributed by atoms with Gasteiger partial charge >= 0.3 is 0 Å². The van der Waals surface area contributed by atoms with E-state index in [4.69, 9.17) is 0 Å². The van der Waals surface area contributed by atoms with Crippen LogP contribution in [0.4, 0.5) is 0 Å². The van der Waals surface area contributed by atoms with Crippen LogP contribution >= 0.6 is 0 Å². The lowest BCUT2D eigenvalue weighted by molar-refractivity contribution is 0.0978. The Hall–Kier alpha value is -2.04. The highest BCUT2D eigenvalue weighted by atomic mass is 16.1. The van der Waals surface area contributed by atoms with Gasteiger partial charge in [0.15, 0.2) is 5.82 Å². The Morgan fingerprint density at radius 3 is 2.87 bits per heavy atom. The molecule has 2 rings (SSSR count). The van der Waals surface area contributed by atoms with E-state index in [1.807, 2.05) is 18.2 Å². The van der Waals surface area contributed by atoms with Crippen LogP contribution in [0.2, 0.25) is 0 Å². The standard InChI is InChI=1S/C10H10N4O/c1-14-10(12-7-13-14)9(15)6-8-4-2-3-5-11-8/h2-5,7H,6H2,1H3. The zero-order valence-corrected chi connectivity index (χ0v) is 8.29. The van der Waals surface area contributed by atoms with Gasteiger partial charge in [-0.2, -0.15) is 5.10 Å². The average Bonchev–Trinajstić information content (AvgIpc) is 2.66. The molecule has 2 aromatic rings. The molecule has 5 nitrogen and oxygen atoms in total. The SMILES string of the molecule is Cn1ncnc1C(=O)Cc1ccccn1. The fraction of sp³-hybridized carbons (Fsp3) is 0.200. The monoisotopic (exact) mass is 202 g/mol. The molecule has 5 heteroatoms. The molecule has 0 aliphatic carbocycles. The van der Waals surface area contributed by atoms with Gasteiger partial charge in [0, 0.05) is 18.9 Å². The summed E-state index contributed by atoms with van der Waals surface area (Å²) in [6, 6.07) is 5.48. The summed E-state index contributed by atoms with van der Waals surface area (Å²) in [5.74, 6) is 0.286. The Balaban J connectivity index is 2.15. The molecule has 2 heterocycles. The van der Waals surface area contributed by atoms with Crippen LogP contribution in [-0.4, -0.2) is 25.5 Å². The maximum atomic E-state index is 11.7. The normalized spacial score (nSPS) is 10.2. The minimum atomic E-state index is -0.0753. The van der Waals surface area contributed by atoms with E-state index in [-0.39, 0.29) is 12.2 Å². The van der Waals surface area contributed by atoms with Gasteiger partial charge in [-0.25, -0.2) is 9.67 Å². The Morgan fingerprint density at radius 2 is 2.27 bits per heavy atom. The predicted octanol–water partition coefficient (Wildman–Crippen LogP) is 0.636. The minimum Gasteiger partial charge on any atom is -0.290 e. The summed E-state index contributed by atoms with van der Waals surface area (Å²) < 4.78 is 1.46. The summed E-state index contributed by atoms with van der Waals surface area (Å²) in [4.78, 5) is 19.7. The van der Waals surface area contributed by atoms with Crippen molar-refractivity contribution in [2.24, 2.45) is 7.05 Å². The summed E-state index contributed by atoms with van der Waals surface area (Å²) in [7, 11) is 1.69. The number of carbonyl (C=O) groups excluding carboxylic acids is 1. The molecule has 0 fully saturated rings. The van der Waals surface area contributed by atoms with Crippen molar-refractivity contribution in [3.05, 3.63) is 42.2 Å². The molecule has 0 radical (unpaired) electrons. The molecular formula is C10H10N4O. The van der Waals surface area contributed by atoms with Gasteiger partial charge in [-0.15, -0.1) is 0 Å². The van der Waals surface area contributed by atoms with Crippen molar-refractivity contribution >= 4 is 5.78 Å². The highest BCUT2D eigenvalue weighted by Crippen LogP contribution is 2.01. The Labute approximate surface area is 86.8 Å². The number of aromatic nitrogens is 4. The third kappa shape index (κ3) is 2.07. The van der Waals surface area contributed by atoms with Gasteiger partial charge in [0.2, 0.25) is 5.78 Å². The molecule has 0 bridgehead atoms. The van der Waals surface area contributed by atoms with Crippen molar-refractivity contribution in [1.29, 1.82) is 0 Å². The van der Waals surface area contributed by atoms with Crippen molar-refractivity contribution in [2.45, 2.75) is 6.42 Å². The second-order valence-corrected chi connectivity index (χ2v) is 3.13. The van der Waals surface area contributed by atoms with Crippen LogP contribution < -0.4 is 0 Å². The lowest BCUT2D eigenvalue weighted by Gasteiger charge is -1.99. The highest BCUT2D eigenvalue weighted by molar-refractivity contribution is 5.93. The van der Waals surface area contributed by atoms with Crippen LogP contribution in [0.5, 0.6) is 0 Å². The minimum absolute atomic E-state index is 0.0753. The van der Waals surface area contributed by atoms with Crippen molar-refractivity contribution in [1.82, 2.24) is 19.7 Å². The summed E-state index contributed by atoms with van der Waals surface area (Å²) in [5.41, 5.74) is 0.741. The molecule has 0 aromatic carbocycles. The van der Waals surface area contributed by atoms with Crippen LogP contribution in [0, 0.1) is 0 Å². The number of carbonyl (C=O) groups is 1. The van der Waals surface area contributed by atoms with Crippen LogP contribution in [0.25, 0.3) is 0 Å². The van der Waals surface area contributed by atoms with Crippen molar-refractivity contribution < 1.29 is 4.79 Å². The molecule has 0 unspecified atom stereocenters. The van der Waals surface area contributed by atoms with E-state index in [1.54, 1.807) is 13.2 Å². The lowest BCUT2D eigenvalue weighted by atomic mass is 10.2. The molecule has 0 amide bonds. The smallest absolute Gasteiger partial charge is 0.205 e. The maximum Gasteiger partial charge on any atom is 0.205 e. The topological polar surface area (TPSA) is 60.7 Å². The van der Waals surface area contributed by atoms with Gasteiger partial charge in [-0.05, 0) is 12.1 Å². The fourth-order valence-corrected chi connectivity index (χ4v) is 1.29. The maximum absolute atomic E-state index is 11.7. The van der Waals surface area contributed by atoms with E-state index in [9.17, 15) is 4.79 Å². The molecule has 0 atom stereocenters. The Morgan fingerprint density at radius 1 is 1.40 bits per heavy atom. The average molecular weight is 202 g/mol. The van der Waals surface area contributed by atoms with E-state index in [0.29, 0.717) is 5.82 Å². The molecule has 0 N–H and O–H groups in total. The van der Waals surface area contributed by atoms with Gasteiger partial charge in [0.25, 0.3) is 0 Å². The molecular weight excluding hydrogens is 192 g/mol. The molecule has 0 aliphatic rings. The van der Waals surface area contributed by atoms with E-state index >= 15 is 0 Å². The number of aryl methyl sites for hydroxylation is 1. The van der Waals surface area contributed by atoms with Gasteiger partial charge in [0.05, 0.1) is 6.42 Å². The number of nitrogens with zero attached hydrogens (tertiary/aromatic N) is 4. The van der Waals surface area contributed by atoms with Crippen LogP contribution in [0.3, 0.4) is 0 Å². The first-order chi connectivity index (χ1) is 7.27. The van der Waals surface area contributed by atoms with Crippen molar-refractivity contribution in [2.75, 3.05) is 0 Å². The molecule has 76 valence electrons.